The zero-order chi connectivity index (χ0) is 13.0. The molecule has 0 bridgehead atoms. The van der Waals surface area contributed by atoms with Crippen LogP contribution in [0.25, 0.3) is 0 Å². The second-order valence-electron chi connectivity index (χ2n) is 4.26. The standard InChI is InChI=1S/C11H15BrN4O2/c12-4-3-10(17)15-9-5-13-16(6-9)7-11(18)14-8-1-2-8/h5-6,8H,1-4,7H2,(H,14,18)(H,15,17). The smallest absolute Gasteiger partial charge is 0.241 e. The summed E-state index contributed by atoms with van der Waals surface area (Å²) >= 11 is 3.20. The number of carbonyl (C=O) groups is 2. The van der Waals surface area contributed by atoms with Crippen LogP contribution in [0.4, 0.5) is 5.69 Å². The number of halogens is 1. The van der Waals surface area contributed by atoms with Gasteiger partial charge in [-0.2, -0.15) is 5.10 Å². The number of aromatic nitrogens is 2. The van der Waals surface area contributed by atoms with E-state index < -0.39 is 0 Å². The Hall–Kier alpha value is -1.37. The van der Waals surface area contributed by atoms with Crippen LogP contribution in [0.5, 0.6) is 0 Å². The Labute approximate surface area is 113 Å². The van der Waals surface area contributed by atoms with Gasteiger partial charge in [0.2, 0.25) is 11.8 Å². The third-order valence-corrected chi connectivity index (χ3v) is 2.88. The maximum atomic E-state index is 11.5. The molecule has 1 aliphatic carbocycles. The first-order chi connectivity index (χ1) is 8.67. The molecule has 1 saturated carbocycles. The predicted octanol–water partition coefficient (Wildman–Crippen LogP) is 0.885. The van der Waals surface area contributed by atoms with Crippen molar-refractivity contribution in [2.75, 3.05) is 10.6 Å². The van der Waals surface area contributed by atoms with Crippen LogP contribution >= 0.6 is 15.9 Å². The number of anilines is 1. The molecule has 1 aromatic rings. The van der Waals surface area contributed by atoms with Crippen LogP contribution in [0.3, 0.4) is 0 Å². The van der Waals surface area contributed by atoms with E-state index >= 15 is 0 Å². The van der Waals surface area contributed by atoms with Gasteiger partial charge >= 0.3 is 0 Å². The quantitative estimate of drug-likeness (QED) is 0.765. The van der Waals surface area contributed by atoms with Gasteiger partial charge in [-0.1, -0.05) is 15.9 Å². The van der Waals surface area contributed by atoms with E-state index in [0.717, 1.165) is 12.8 Å². The van der Waals surface area contributed by atoms with Crippen LogP contribution < -0.4 is 10.6 Å². The molecule has 1 aliphatic rings. The number of alkyl halides is 1. The SMILES string of the molecule is O=C(CCBr)Nc1cnn(CC(=O)NC2CC2)c1. The molecular weight excluding hydrogens is 300 g/mol. The average Bonchev–Trinajstić information content (AvgIpc) is 3.00. The number of nitrogens with one attached hydrogen (secondary N) is 2. The van der Waals surface area contributed by atoms with Gasteiger partial charge < -0.3 is 10.6 Å². The normalized spacial score (nSPS) is 14.3. The molecule has 6 nitrogen and oxygen atoms in total. The zero-order valence-corrected chi connectivity index (χ0v) is 11.4. The van der Waals surface area contributed by atoms with Gasteiger partial charge in [0.25, 0.3) is 0 Å². The lowest BCUT2D eigenvalue weighted by Crippen LogP contribution is -2.29. The maximum Gasteiger partial charge on any atom is 0.241 e. The maximum absolute atomic E-state index is 11.5. The molecule has 18 heavy (non-hydrogen) atoms. The number of hydrogen-bond acceptors (Lipinski definition) is 3. The van der Waals surface area contributed by atoms with E-state index in [4.69, 9.17) is 0 Å². The predicted molar refractivity (Wildman–Crippen MR) is 70.4 cm³/mol. The molecule has 7 heteroatoms. The molecule has 0 aromatic carbocycles. The van der Waals surface area contributed by atoms with Gasteiger partial charge in [0.1, 0.15) is 6.54 Å². The Kier molecular flexibility index (Phi) is 4.35. The highest BCUT2D eigenvalue weighted by Crippen LogP contribution is 2.18. The Bertz CT molecular complexity index is 442. The molecule has 0 radical (unpaired) electrons. The minimum atomic E-state index is -0.0751. The highest BCUT2D eigenvalue weighted by Gasteiger charge is 2.23. The van der Waals surface area contributed by atoms with E-state index in [1.54, 1.807) is 6.20 Å². The number of nitrogens with zero attached hydrogens (tertiary/aromatic N) is 2. The van der Waals surface area contributed by atoms with Crippen molar-refractivity contribution in [3.05, 3.63) is 12.4 Å². The van der Waals surface area contributed by atoms with Gasteiger partial charge in [-0.25, -0.2) is 0 Å². The van der Waals surface area contributed by atoms with Gasteiger partial charge in [0.15, 0.2) is 0 Å². The summed E-state index contributed by atoms with van der Waals surface area (Å²) in [6.45, 7) is 0.185. The van der Waals surface area contributed by atoms with Crippen LogP contribution in [-0.2, 0) is 16.1 Å². The molecule has 1 aromatic heterocycles. The fraction of sp³-hybridized carbons (Fsp3) is 0.545. The summed E-state index contributed by atoms with van der Waals surface area (Å²) in [6.07, 6.45) is 5.74. The first-order valence-electron chi connectivity index (χ1n) is 5.85. The van der Waals surface area contributed by atoms with E-state index in [0.29, 0.717) is 23.5 Å². The summed E-state index contributed by atoms with van der Waals surface area (Å²) in [7, 11) is 0. The van der Waals surface area contributed by atoms with Gasteiger partial charge in [-0.05, 0) is 12.8 Å². The molecule has 1 heterocycles. The van der Waals surface area contributed by atoms with Gasteiger partial charge in [-0.15, -0.1) is 0 Å². The van der Waals surface area contributed by atoms with Crippen LogP contribution in [0.15, 0.2) is 12.4 Å². The van der Waals surface area contributed by atoms with Gasteiger partial charge in [0.05, 0.1) is 11.9 Å². The molecule has 0 atom stereocenters. The summed E-state index contributed by atoms with van der Waals surface area (Å²) in [5.74, 6) is -0.118. The number of rotatable bonds is 6. The first-order valence-corrected chi connectivity index (χ1v) is 6.97. The van der Waals surface area contributed by atoms with Crippen LogP contribution in [0, 0.1) is 0 Å². The van der Waals surface area contributed by atoms with E-state index in [1.807, 2.05) is 0 Å². The molecule has 0 aliphatic heterocycles. The lowest BCUT2D eigenvalue weighted by molar-refractivity contribution is -0.122. The fourth-order valence-corrected chi connectivity index (χ4v) is 1.83. The zero-order valence-electron chi connectivity index (χ0n) is 9.86. The monoisotopic (exact) mass is 314 g/mol. The Morgan fingerprint density at radius 2 is 2.22 bits per heavy atom. The van der Waals surface area contributed by atoms with Crippen LogP contribution in [0.2, 0.25) is 0 Å². The van der Waals surface area contributed by atoms with Gasteiger partial charge in [-0.3, -0.25) is 14.3 Å². The van der Waals surface area contributed by atoms with Crippen molar-refractivity contribution in [2.45, 2.75) is 31.8 Å². The third-order valence-electron chi connectivity index (χ3n) is 2.49. The topological polar surface area (TPSA) is 76.0 Å². The second kappa shape index (κ2) is 5.99. The summed E-state index contributed by atoms with van der Waals surface area (Å²) < 4.78 is 1.52. The molecule has 1 fully saturated rings. The number of hydrogen-bond donors (Lipinski definition) is 2. The molecule has 0 spiro atoms. The van der Waals surface area contributed by atoms with E-state index in [-0.39, 0.29) is 18.4 Å². The fourth-order valence-electron chi connectivity index (χ4n) is 1.47. The van der Waals surface area contributed by atoms with E-state index in [2.05, 4.69) is 31.7 Å². The summed E-state index contributed by atoms with van der Waals surface area (Å²) in [6, 6.07) is 0.353. The number of amides is 2. The lowest BCUT2D eigenvalue weighted by Gasteiger charge is -2.02. The van der Waals surface area contributed by atoms with Crippen molar-refractivity contribution in [1.29, 1.82) is 0 Å². The molecule has 2 N–H and O–H groups in total. The van der Waals surface area contributed by atoms with Crippen LogP contribution in [-0.4, -0.2) is 33.0 Å². The van der Waals surface area contributed by atoms with E-state index in [1.165, 1.54) is 10.9 Å². The average molecular weight is 315 g/mol. The van der Waals surface area contributed by atoms with Crippen molar-refractivity contribution in [1.82, 2.24) is 15.1 Å². The first kappa shape index (κ1) is 13.1. The second-order valence-corrected chi connectivity index (χ2v) is 5.05. The highest BCUT2D eigenvalue weighted by molar-refractivity contribution is 9.09. The van der Waals surface area contributed by atoms with Crippen molar-refractivity contribution in [3.8, 4) is 0 Å². The molecule has 0 unspecified atom stereocenters. The van der Waals surface area contributed by atoms with Crippen molar-refractivity contribution in [3.63, 3.8) is 0 Å². The summed E-state index contributed by atoms with van der Waals surface area (Å²) in [4.78, 5) is 22.9. The van der Waals surface area contributed by atoms with Crippen molar-refractivity contribution in [2.24, 2.45) is 0 Å². The van der Waals surface area contributed by atoms with E-state index in [9.17, 15) is 9.59 Å². The largest absolute Gasteiger partial charge is 0.352 e. The minimum absolute atomic E-state index is 0.0427. The summed E-state index contributed by atoms with van der Waals surface area (Å²) in [5.41, 5.74) is 0.611. The minimum Gasteiger partial charge on any atom is -0.352 e. The lowest BCUT2D eigenvalue weighted by atomic mass is 10.4. The summed E-state index contributed by atoms with van der Waals surface area (Å²) in [5, 5.41) is 10.2. The Morgan fingerprint density at radius 3 is 2.89 bits per heavy atom. The van der Waals surface area contributed by atoms with Crippen molar-refractivity contribution >= 4 is 33.4 Å². The molecule has 0 saturated heterocycles. The highest BCUT2D eigenvalue weighted by atomic mass is 79.9. The number of carbonyl (C=O) groups excluding carboxylic acids is 2. The van der Waals surface area contributed by atoms with Crippen LogP contribution in [0.1, 0.15) is 19.3 Å². The molecule has 2 rings (SSSR count). The van der Waals surface area contributed by atoms with Gasteiger partial charge in [0, 0.05) is 24.0 Å². The Balaban J connectivity index is 1.81. The Morgan fingerprint density at radius 1 is 1.44 bits per heavy atom. The van der Waals surface area contributed by atoms with Crippen molar-refractivity contribution < 1.29 is 9.59 Å². The molecular formula is C11H15BrN4O2. The molecule has 2 amide bonds. The molecule has 98 valence electrons. The third kappa shape index (κ3) is 4.14.